The number of hydrazone groups is 1. The van der Waals surface area contributed by atoms with E-state index in [0.29, 0.717) is 53.7 Å². The quantitative estimate of drug-likeness (QED) is 0.151. The Bertz CT molecular complexity index is 1470. The molecule has 0 bridgehead atoms. The number of ether oxygens (including phenoxy) is 1. The molecule has 39 heavy (non-hydrogen) atoms. The molecule has 1 saturated heterocycles. The van der Waals surface area contributed by atoms with Gasteiger partial charge in [-0.2, -0.15) is 20.1 Å². The van der Waals surface area contributed by atoms with Crippen molar-refractivity contribution < 1.29 is 9.66 Å². The fourth-order valence-corrected chi connectivity index (χ4v) is 4.69. The molecular formula is C26H23ClN8O3S. The Labute approximate surface area is 233 Å². The van der Waals surface area contributed by atoms with Crippen LogP contribution in [0.15, 0.2) is 87.7 Å². The summed E-state index contributed by atoms with van der Waals surface area (Å²) in [5.41, 5.74) is 4.17. The third kappa shape index (κ3) is 7.19. The van der Waals surface area contributed by atoms with Crippen LogP contribution in [0.3, 0.4) is 0 Å². The number of aromatic nitrogens is 3. The molecule has 3 aromatic carbocycles. The van der Waals surface area contributed by atoms with Gasteiger partial charge in [0, 0.05) is 40.3 Å². The average Bonchev–Trinajstić information content (AvgIpc) is 2.96. The van der Waals surface area contributed by atoms with Crippen molar-refractivity contribution in [2.75, 3.05) is 41.9 Å². The van der Waals surface area contributed by atoms with Gasteiger partial charge in [-0.1, -0.05) is 47.6 Å². The lowest BCUT2D eigenvalue weighted by atomic mass is 10.2. The van der Waals surface area contributed by atoms with Gasteiger partial charge < -0.3 is 15.0 Å². The van der Waals surface area contributed by atoms with Crippen molar-refractivity contribution in [1.29, 1.82) is 0 Å². The summed E-state index contributed by atoms with van der Waals surface area (Å²) in [6.07, 6.45) is 1.48. The number of para-hydroxylation sites is 1. The molecule has 0 spiro atoms. The maximum atomic E-state index is 11.8. The van der Waals surface area contributed by atoms with E-state index in [1.807, 2.05) is 47.4 Å². The minimum atomic E-state index is -0.412. The normalized spacial score (nSPS) is 13.4. The van der Waals surface area contributed by atoms with Crippen LogP contribution in [0.25, 0.3) is 0 Å². The third-order valence-corrected chi connectivity index (χ3v) is 6.87. The average molecular weight is 563 g/mol. The number of benzene rings is 3. The number of anilines is 4. The van der Waals surface area contributed by atoms with Gasteiger partial charge >= 0.3 is 0 Å². The van der Waals surface area contributed by atoms with E-state index >= 15 is 0 Å². The van der Waals surface area contributed by atoms with Gasteiger partial charge in [0.05, 0.1) is 29.2 Å². The maximum Gasteiger partial charge on any atom is 0.283 e. The van der Waals surface area contributed by atoms with E-state index in [4.69, 9.17) is 16.3 Å². The molecule has 198 valence electrons. The summed E-state index contributed by atoms with van der Waals surface area (Å²) in [5, 5.41) is 19.8. The lowest BCUT2D eigenvalue weighted by molar-refractivity contribution is -0.387. The van der Waals surface area contributed by atoms with E-state index in [0.717, 1.165) is 10.6 Å². The first-order valence-corrected chi connectivity index (χ1v) is 13.1. The Morgan fingerprint density at radius 2 is 1.74 bits per heavy atom. The molecule has 5 rings (SSSR count). The van der Waals surface area contributed by atoms with E-state index in [2.05, 4.69) is 30.8 Å². The molecule has 2 heterocycles. The first kappa shape index (κ1) is 26.4. The molecule has 2 N–H and O–H groups in total. The minimum Gasteiger partial charge on any atom is -0.378 e. The van der Waals surface area contributed by atoms with Crippen LogP contribution in [0.4, 0.5) is 29.2 Å². The van der Waals surface area contributed by atoms with Gasteiger partial charge in [-0.25, -0.2) is 5.43 Å². The number of nitro groups is 1. The summed E-state index contributed by atoms with van der Waals surface area (Å²) in [7, 11) is 0. The van der Waals surface area contributed by atoms with Crippen LogP contribution < -0.4 is 15.6 Å². The van der Waals surface area contributed by atoms with Crippen molar-refractivity contribution in [3.8, 4) is 0 Å². The summed E-state index contributed by atoms with van der Waals surface area (Å²) in [6, 6.07) is 21.6. The van der Waals surface area contributed by atoms with E-state index in [1.54, 1.807) is 24.3 Å². The zero-order valence-electron chi connectivity index (χ0n) is 20.5. The van der Waals surface area contributed by atoms with Crippen LogP contribution in [0.2, 0.25) is 5.02 Å². The largest absolute Gasteiger partial charge is 0.378 e. The zero-order chi connectivity index (χ0) is 27.0. The van der Waals surface area contributed by atoms with Crippen LogP contribution in [0, 0.1) is 10.1 Å². The van der Waals surface area contributed by atoms with Crippen LogP contribution in [0.5, 0.6) is 0 Å². The molecular weight excluding hydrogens is 540 g/mol. The van der Waals surface area contributed by atoms with Crippen molar-refractivity contribution in [2.24, 2.45) is 5.10 Å². The van der Waals surface area contributed by atoms with Crippen molar-refractivity contribution >= 4 is 58.8 Å². The van der Waals surface area contributed by atoms with Gasteiger partial charge in [0.1, 0.15) is 0 Å². The van der Waals surface area contributed by atoms with Gasteiger partial charge in [-0.3, -0.25) is 10.1 Å². The first-order valence-electron chi connectivity index (χ1n) is 12.0. The SMILES string of the molecule is O=[N+]([O-])c1cc(C=NNc2nc(Nc3ccccc3)nc(N3CCOCC3)n2)ccc1Sc1ccc(Cl)cc1. The highest BCUT2D eigenvalue weighted by atomic mass is 35.5. The molecule has 13 heteroatoms. The Balaban J connectivity index is 1.34. The summed E-state index contributed by atoms with van der Waals surface area (Å²) in [5.74, 6) is 1.07. The number of rotatable bonds is 9. The molecule has 0 amide bonds. The molecule has 11 nitrogen and oxygen atoms in total. The number of nitrogens with zero attached hydrogens (tertiary/aromatic N) is 6. The van der Waals surface area contributed by atoms with Crippen LogP contribution in [0.1, 0.15) is 5.56 Å². The number of hydrogen-bond acceptors (Lipinski definition) is 11. The summed E-state index contributed by atoms with van der Waals surface area (Å²) < 4.78 is 5.44. The second kappa shape index (κ2) is 12.5. The second-order valence-corrected chi connectivity index (χ2v) is 9.84. The number of halogens is 1. The van der Waals surface area contributed by atoms with E-state index in [9.17, 15) is 10.1 Å². The first-order chi connectivity index (χ1) is 19.0. The van der Waals surface area contributed by atoms with Gasteiger partial charge in [0.2, 0.25) is 17.8 Å². The fraction of sp³-hybridized carbons (Fsp3) is 0.154. The van der Waals surface area contributed by atoms with Crippen LogP contribution in [-0.4, -0.2) is 52.4 Å². The number of nitro benzene ring substituents is 1. The lowest BCUT2D eigenvalue weighted by Crippen LogP contribution is -2.37. The highest BCUT2D eigenvalue weighted by Gasteiger charge is 2.18. The molecule has 1 aliphatic heterocycles. The lowest BCUT2D eigenvalue weighted by Gasteiger charge is -2.27. The highest BCUT2D eigenvalue weighted by Crippen LogP contribution is 2.35. The van der Waals surface area contributed by atoms with Crippen LogP contribution in [-0.2, 0) is 4.74 Å². The van der Waals surface area contributed by atoms with E-state index < -0.39 is 4.92 Å². The number of nitrogens with one attached hydrogen (secondary N) is 2. The molecule has 0 radical (unpaired) electrons. The van der Waals surface area contributed by atoms with Gasteiger partial charge in [-0.15, -0.1) is 0 Å². The van der Waals surface area contributed by atoms with Crippen molar-refractivity contribution in [3.63, 3.8) is 0 Å². The predicted molar refractivity (Wildman–Crippen MR) is 152 cm³/mol. The minimum absolute atomic E-state index is 0.0250. The predicted octanol–water partition coefficient (Wildman–Crippen LogP) is 5.61. The fourth-order valence-electron chi connectivity index (χ4n) is 3.66. The number of hydrogen-bond donors (Lipinski definition) is 2. The second-order valence-electron chi connectivity index (χ2n) is 8.28. The molecule has 0 saturated carbocycles. The van der Waals surface area contributed by atoms with Crippen molar-refractivity contribution in [1.82, 2.24) is 15.0 Å². The van der Waals surface area contributed by atoms with Crippen LogP contribution >= 0.6 is 23.4 Å². The zero-order valence-corrected chi connectivity index (χ0v) is 22.1. The summed E-state index contributed by atoms with van der Waals surface area (Å²) in [6.45, 7) is 2.47. The Hall–Kier alpha value is -4.26. The Morgan fingerprint density at radius 3 is 2.49 bits per heavy atom. The molecule has 1 aromatic heterocycles. The molecule has 0 aliphatic carbocycles. The molecule has 0 atom stereocenters. The van der Waals surface area contributed by atoms with Crippen molar-refractivity contribution in [2.45, 2.75) is 9.79 Å². The molecule has 1 aliphatic rings. The summed E-state index contributed by atoms with van der Waals surface area (Å²) >= 11 is 7.23. The summed E-state index contributed by atoms with van der Waals surface area (Å²) in [4.78, 5) is 28.2. The van der Waals surface area contributed by atoms with Gasteiger partial charge in [-0.05, 0) is 42.5 Å². The van der Waals surface area contributed by atoms with Crippen molar-refractivity contribution in [3.05, 3.63) is 93.5 Å². The third-order valence-electron chi connectivity index (χ3n) is 5.55. The topological polar surface area (TPSA) is 131 Å². The van der Waals surface area contributed by atoms with E-state index in [1.165, 1.54) is 24.0 Å². The van der Waals surface area contributed by atoms with E-state index in [-0.39, 0.29) is 11.6 Å². The monoisotopic (exact) mass is 562 g/mol. The van der Waals surface area contributed by atoms with Gasteiger partial charge in [0.25, 0.3) is 5.69 Å². The molecule has 4 aromatic rings. The number of morpholine rings is 1. The highest BCUT2D eigenvalue weighted by molar-refractivity contribution is 7.99. The molecule has 1 fully saturated rings. The smallest absolute Gasteiger partial charge is 0.283 e. The molecule has 0 unspecified atom stereocenters. The Morgan fingerprint density at radius 1 is 1.00 bits per heavy atom. The maximum absolute atomic E-state index is 11.8. The standard InChI is InChI=1S/C26H23ClN8O3S/c27-19-7-9-21(10-8-19)39-23-11-6-18(16-22(23)35(36)37)17-28-33-25-30-24(29-20-4-2-1-3-5-20)31-26(32-25)34-12-14-38-15-13-34/h1-11,16-17H,12-15H2,(H2,29,30,31,32,33). The Kier molecular flexibility index (Phi) is 8.46. The van der Waals surface area contributed by atoms with Gasteiger partial charge in [0.15, 0.2) is 0 Å².